The van der Waals surface area contributed by atoms with Gasteiger partial charge in [-0.1, -0.05) is 33.6 Å². The van der Waals surface area contributed by atoms with Crippen LogP contribution in [-0.2, 0) is 10.0 Å². The SMILES string of the molecule is CCCC1CCCN(S(=O)(=O)CCCCNC(C)C)CC1. The molecule has 126 valence electrons. The molecule has 1 N–H and O–H groups in total. The molecule has 0 bridgehead atoms. The van der Waals surface area contributed by atoms with E-state index >= 15 is 0 Å². The Morgan fingerprint density at radius 3 is 2.62 bits per heavy atom. The van der Waals surface area contributed by atoms with Crippen LogP contribution in [-0.4, -0.2) is 44.2 Å². The molecule has 1 aliphatic heterocycles. The maximum absolute atomic E-state index is 12.4. The van der Waals surface area contributed by atoms with E-state index in [1.165, 1.54) is 19.3 Å². The van der Waals surface area contributed by atoms with Crippen molar-refractivity contribution < 1.29 is 8.42 Å². The minimum Gasteiger partial charge on any atom is -0.315 e. The first-order valence-corrected chi connectivity index (χ1v) is 10.3. The van der Waals surface area contributed by atoms with Crippen molar-refractivity contribution in [3.8, 4) is 0 Å². The van der Waals surface area contributed by atoms with Crippen LogP contribution in [0.15, 0.2) is 0 Å². The molecule has 21 heavy (non-hydrogen) atoms. The lowest BCUT2D eigenvalue weighted by Gasteiger charge is -2.20. The molecular formula is C16H34N2O2S. The molecule has 0 spiro atoms. The molecule has 5 heteroatoms. The molecule has 0 aromatic carbocycles. The van der Waals surface area contributed by atoms with Crippen LogP contribution in [0.2, 0.25) is 0 Å². The Morgan fingerprint density at radius 1 is 1.19 bits per heavy atom. The van der Waals surface area contributed by atoms with Gasteiger partial charge < -0.3 is 5.32 Å². The monoisotopic (exact) mass is 318 g/mol. The smallest absolute Gasteiger partial charge is 0.214 e. The van der Waals surface area contributed by atoms with Crippen molar-refractivity contribution in [1.29, 1.82) is 0 Å². The molecule has 1 saturated heterocycles. The first-order valence-electron chi connectivity index (χ1n) is 8.67. The van der Waals surface area contributed by atoms with Crippen molar-refractivity contribution in [3.05, 3.63) is 0 Å². The Labute approximate surface area is 131 Å². The van der Waals surface area contributed by atoms with E-state index in [1.807, 2.05) is 0 Å². The third kappa shape index (κ3) is 7.61. The quantitative estimate of drug-likeness (QED) is 0.665. The number of sulfonamides is 1. The minimum absolute atomic E-state index is 0.311. The second-order valence-electron chi connectivity index (χ2n) is 6.62. The van der Waals surface area contributed by atoms with Gasteiger partial charge in [0.15, 0.2) is 0 Å². The first kappa shape index (κ1) is 18.9. The second-order valence-corrected chi connectivity index (χ2v) is 8.71. The highest BCUT2D eigenvalue weighted by Gasteiger charge is 2.25. The van der Waals surface area contributed by atoms with Crippen LogP contribution in [0, 0.1) is 5.92 Å². The third-order valence-corrected chi connectivity index (χ3v) is 6.24. The van der Waals surface area contributed by atoms with Crippen molar-refractivity contribution in [2.75, 3.05) is 25.4 Å². The van der Waals surface area contributed by atoms with Crippen LogP contribution in [0.3, 0.4) is 0 Å². The van der Waals surface area contributed by atoms with Crippen LogP contribution in [0.5, 0.6) is 0 Å². The van der Waals surface area contributed by atoms with Gasteiger partial charge in [0.25, 0.3) is 0 Å². The Morgan fingerprint density at radius 2 is 1.95 bits per heavy atom. The molecule has 0 saturated carbocycles. The van der Waals surface area contributed by atoms with Gasteiger partial charge in [0, 0.05) is 19.1 Å². The Hall–Kier alpha value is -0.130. The van der Waals surface area contributed by atoms with Gasteiger partial charge in [-0.2, -0.15) is 0 Å². The molecule has 1 heterocycles. The topological polar surface area (TPSA) is 49.4 Å². The molecular weight excluding hydrogens is 284 g/mol. The molecule has 0 radical (unpaired) electrons. The highest BCUT2D eigenvalue weighted by molar-refractivity contribution is 7.89. The minimum atomic E-state index is -3.04. The van der Waals surface area contributed by atoms with Crippen molar-refractivity contribution in [2.24, 2.45) is 5.92 Å². The van der Waals surface area contributed by atoms with Gasteiger partial charge in [0.2, 0.25) is 10.0 Å². The molecule has 1 unspecified atom stereocenters. The summed E-state index contributed by atoms with van der Waals surface area (Å²) in [6, 6.07) is 0.475. The van der Waals surface area contributed by atoms with E-state index in [2.05, 4.69) is 26.1 Å². The van der Waals surface area contributed by atoms with Crippen molar-refractivity contribution >= 4 is 10.0 Å². The maximum Gasteiger partial charge on any atom is 0.214 e. The zero-order chi connectivity index (χ0) is 15.7. The lowest BCUT2D eigenvalue weighted by Crippen LogP contribution is -2.34. The van der Waals surface area contributed by atoms with E-state index in [0.717, 1.165) is 51.2 Å². The summed E-state index contributed by atoms with van der Waals surface area (Å²) in [7, 11) is -3.04. The fourth-order valence-corrected chi connectivity index (χ4v) is 4.66. The van der Waals surface area contributed by atoms with Gasteiger partial charge in [0.1, 0.15) is 0 Å². The molecule has 1 aliphatic rings. The number of nitrogens with zero attached hydrogens (tertiary/aromatic N) is 1. The van der Waals surface area contributed by atoms with Crippen LogP contribution < -0.4 is 5.32 Å². The largest absolute Gasteiger partial charge is 0.315 e. The predicted octanol–water partition coefficient (Wildman–Crippen LogP) is 3.00. The average molecular weight is 319 g/mol. The fourth-order valence-electron chi connectivity index (χ4n) is 3.04. The molecule has 1 atom stereocenters. The lowest BCUT2D eigenvalue weighted by atomic mass is 9.96. The van der Waals surface area contributed by atoms with E-state index in [-0.39, 0.29) is 0 Å². The number of rotatable bonds is 9. The predicted molar refractivity (Wildman–Crippen MR) is 90.0 cm³/mol. The third-order valence-electron chi connectivity index (χ3n) is 4.28. The Kier molecular flexibility index (Phi) is 8.83. The Balaban J connectivity index is 2.33. The molecule has 0 aromatic rings. The average Bonchev–Trinajstić information content (AvgIpc) is 2.64. The van der Waals surface area contributed by atoms with Crippen molar-refractivity contribution in [3.63, 3.8) is 0 Å². The maximum atomic E-state index is 12.4. The highest BCUT2D eigenvalue weighted by Crippen LogP contribution is 2.23. The number of unbranched alkanes of at least 4 members (excludes halogenated alkanes) is 1. The fraction of sp³-hybridized carbons (Fsp3) is 1.00. The van der Waals surface area contributed by atoms with E-state index in [9.17, 15) is 8.42 Å². The number of nitrogens with one attached hydrogen (secondary N) is 1. The van der Waals surface area contributed by atoms with Crippen LogP contribution in [0.25, 0.3) is 0 Å². The first-order chi connectivity index (χ1) is 9.95. The summed E-state index contributed by atoms with van der Waals surface area (Å²) in [5.74, 6) is 1.04. The van der Waals surface area contributed by atoms with E-state index in [0.29, 0.717) is 11.8 Å². The van der Waals surface area contributed by atoms with E-state index in [1.54, 1.807) is 4.31 Å². The van der Waals surface area contributed by atoms with E-state index in [4.69, 9.17) is 0 Å². The highest BCUT2D eigenvalue weighted by atomic mass is 32.2. The normalized spacial score (nSPS) is 21.6. The number of hydrogen-bond acceptors (Lipinski definition) is 3. The molecule has 0 aromatic heterocycles. The van der Waals surface area contributed by atoms with Crippen molar-refractivity contribution in [1.82, 2.24) is 9.62 Å². The summed E-state index contributed by atoms with van der Waals surface area (Å²) in [5, 5.41) is 3.33. The summed E-state index contributed by atoms with van der Waals surface area (Å²) >= 11 is 0. The van der Waals surface area contributed by atoms with Gasteiger partial charge in [0.05, 0.1) is 5.75 Å². The van der Waals surface area contributed by atoms with E-state index < -0.39 is 10.0 Å². The Bertz CT molecular complexity index is 368. The summed E-state index contributed by atoms with van der Waals surface area (Å²) in [5.41, 5.74) is 0. The standard InChI is InChI=1S/C16H34N2O2S/c1-4-8-16-9-7-12-18(13-10-16)21(19,20)14-6-5-11-17-15(2)3/h15-17H,4-14H2,1-3H3. The van der Waals surface area contributed by atoms with Crippen LogP contribution >= 0.6 is 0 Å². The zero-order valence-electron chi connectivity index (χ0n) is 14.1. The summed E-state index contributed by atoms with van der Waals surface area (Å²) < 4.78 is 26.6. The van der Waals surface area contributed by atoms with Crippen LogP contribution in [0.4, 0.5) is 0 Å². The molecule has 4 nitrogen and oxygen atoms in total. The number of hydrogen-bond donors (Lipinski definition) is 1. The molecule has 0 amide bonds. The summed E-state index contributed by atoms with van der Waals surface area (Å²) in [6.07, 6.45) is 7.41. The molecule has 1 rings (SSSR count). The molecule has 1 fully saturated rings. The van der Waals surface area contributed by atoms with Gasteiger partial charge >= 0.3 is 0 Å². The molecule has 0 aliphatic carbocycles. The van der Waals surface area contributed by atoms with Crippen LogP contribution in [0.1, 0.15) is 65.7 Å². The van der Waals surface area contributed by atoms with Gasteiger partial charge in [-0.3, -0.25) is 0 Å². The summed E-state index contributed by atoms with van der Waals surface area (Å²) in [6.45, 7) is 8.81. The summed E-state index contributed by atoms with van der Waals surface area (Å²) in [4.78, 5) is 0. The van der Waals surface area contributed by atoms with Gasteiger partial charge in [-0.15, -0.1) is 0 Å². The van der Waals surface area contributed by atoms with Gasteiger partial charge in [-0.05, 0) is 44.6 Å². The van der Waals surface area contributed by atoms with Crippen molar-refractivity contribution in [2.45, 2.75) is 71.8 Å². The lowest BCUT2D eigenvalue weighted by molar-refractivity contribution is 0.399. The zero-order valence-corrected chi connectivity index (χ0v) is 14.9. The second kappa shape index (κ2) is 9.80. The van der Waals surface area contributed by atoms with Gasteiger partial charge in [-0.25, -0.2) is 12.7 Å².